The highest BCUT2D eigenvalue weighted by Crippen LogP contribution is 2.32. The zero-order valence-corrected chi connectivity index (χ0v) is 14.6. The van der Waals surface area contributed by atoms with Crippen molar-refractivity contribution >= 4 is 11.9 Å². The molecule has 0 saturated carbocycles. The Hall–Kier alpha value is -1.22. The standard InChI is InChI=1S/C16H30O8/c1-3-21-9-11-23-7-5-16(15(19)20,13-14(17)18)6-8-24-12-10-22-4-2/h3-13H2,1-2H3,(H,17,18)(H,19,20). The summed E-state index contributed by atoms with van der Waals surface area (Å²) in [7, 11) is 0. The van der Waals surface area contributed by atoms with Crippen molar-refractivity contribution in [1.82, 2.24) is 0 Å². The summed E-state index contributed by atoms with van der Waals surface area (Å²) in [6.45, 7) is 6.77. The van der Waals surface area contributed by atoms with Crippen LogP contribution in [0.1, 0.15) is 33.1 Å². The van der Waals surface area contributed by atoms with Crippen LogP contribution in [0.25, 0.3) is 0 Å². The van der Waals surface area contributed by atoms with Crippen molar-refractivity contribution in [2.45, 2.75) is 33.1 Å². The monoisotopic (exact) mass is 350 g/mol. The molecule has 0 atom stereocenters. The Morgan fingerprint density at radius 2 is 1.17 bits per heavy atom. The zero-order valence-electron chi connectivity index (χ0n) is 14.6. The van der Waals surface area contributed by atoms with Crippen LogP contribution in [0.2, 0.25) is 0 Å². The normalized spacial score (nSPS) is 11.6. The topological polar surface area (TPSA) is 112 Å². The first-order valence-electron chi connectivity index (χ1n) is 8.24. The lowest BCUT2D eigenvalue weighted by Gasteiger charge is -2.27. The molecule has 142 valence electrons. The lowest BCUT2D eigenvalue weighted by atomic mass is 9.78. The first-order chi connectivity index (χ1) is 11.5. The third kappa shape index (κ3) is 10.5. The van der Waals surface area contributed by atoms with E-state index in [1.54, 1.807) is 0 Å². The Morgan fingerprint density at radius 3 is 1.50 bits per heavy atom. The third-order valence-electron chi connectivity index (χ3n) is 3.55. The molecule has 0 aromatic carbocycles. The molecule has 0 heterocycles. The summed E-state index contributed by atoms with van der Waals surface area (Å²) < 4.78 is 20.9. The van der Waals surface area contributed by atoms with Crippen molar-refractivity contribution in [2.75, 3.05) is 52.9 Å². The number of rotatable bonds is 17. The van der Waals surface area contributed by atoms with E-state index in [0.29, 0.717) is 39.6 Å². The second-order valence-electron chi connectivity index (χ2n) is 5.27. The van der Waals surface area contributed by atoms with Crippen molar-refractivity contribution in [2.24, 2.45) is 5.41 Å². The van der Waals surface area contributed by atoms with Gasteiger partial charge in [0.15, 0.2) is 0 Å². The van der Waals surface area contributed by atoms with Crippen LogP contribution < -0.4 is 0 Å². The maximum absolute atomic E-state index is 11.7. The summed E-state index contributed by atoms with van der Waals surface area (Å²) in [5, 5.41) is 18.6. The van der Waals surface area contributed by atoms with Crippen LogP contribution >= 0.6 is 0 Å². The van der Waals surface area contributed by atoms with Crippen LogP contribution in [0, 0.1) is 5.41 Å². The Bertz CT molecular complexity index is 329. The molecule has 0 aliphatic rings. The van der Waals surface area contributed by atoms with Crippen molar-refractivity contribution in [3.63, 3.8) is 0 Å². The molecule has 0 radical (unpaired) electrons. The van der Waals surface area contributed by atoms with E-state index < -0.39 is 23.8 Å². The number of aliphatic carboxylic acids is 2. The van der Waals surface area contributed by atoms with Crippen molar-refractivity contribution in [3.8, 4) is 0 Å². The molecular formula is C16H30O8. The molecule has 2 N–H and O–H groups in total. The molecule has 0 fully saturated rings. The molecule has 0 aromatic rings. The second kappa shape index (κ2) is 14.2. The van der Waals surface area contributed by atoms with Crippen LogP contribution in [0.15, 0.2) is 0 Å². The number of hydrogen-bond acceptors (Lipinski definition) is 6. The van der Waals surface area contributed by atoms with E-state index in [1.807, 2.05) is 13.8 Å². The van der Waals surface area contributed by atoms with Gasteiger partial charge in [-0.1, -0.05) is 0 Å². The van der Waals surface area contributed by atoms with Crippen LogP contribution in [0.5, 0.6) is 0 Å². The Balaban J connectivity index is 4.41. The van der Waals surface area contributed by atoms with E-state index in [2.05, 4.69) is 0 Å². The number of carboxylic acids is 2. The van der Waals surface area contributed by atoms with Gasteiger partial charge in [-0.3, -0.25) is 9.59 Å². The minimum atomic E-state index is -1.40. The molecular weight excluding hydrogens is 320 g/mol. The SMILES string of the molecule is CCOCCOCCC(CCOCCOCC)(CC(=O)O)C(=O)O. The highest BCUT2D eigenvalue weighted by atomic mass is 16.5. The maximum Gasteiger partial charge on any atom is 0.310 e. The summed E-state index contributed by atoms with van der Waals surface area (Å²) in [5.74, 6) is -2.30. The number of hydrogen-bond donors (Lipinski definition) is 2. The van der Waals surface area contributed by atoms with Gasteiger partial charge >= 0.3 is 11.9 Å². The molecule has 0 unspecified atom stereocenters. The van der Waals surface area contributed by atoms with Gasteiger partial charge in [0.2, 0.25) is 0 Å². The van der Waals surface area contributed by atoms with Crippen LogP contribution in [0.4, 0.5) is 0 Å². The van der Waals surface area contributed by atoms with Crippen molar-refractivity contribution < 1.29 is 38.7 Å². The molecule has 0 rings (SSSR count). The Labute approximate surface area is 143 Å². The molecule has 0 aliphatic carbocycles. The van der Waals surface area contributed by atoms with Crippen molar-refractivity contribution in [1.29, 1.82) is 0 Å². The molecule has 24 heavy (non-hydrogen) atoms. The van der Waals surface area contributed by atoms with Gasteiger partial charge in [0, 0.05) is 26.4 Å². The minimum Gasteiger partial charge on any atom is -0.481 e. The lowest BCUT2D eigenvalue weighted by molar-refractivity contribution is -0.158. The first kappa shape index (κ1) is 22.8. The highest BCUT2D eigenvalue weighted by molar-refractivity contribution is 5.81. The molecule has 0 bridgehead atoms. The average Bonchev–Trinajstić information content (AvgIpc) is 2.53. The number of ether oxygens (including phenoxy) is 4. The summed E-state index contributed by atoms with van der Waals surface area (Å²) in [6.07, 6.45) is -0.253. The van der Waals surface area contributed by atoms with Gasteiger partial charge in [-0.2, -0.15) is 0 Å². The highest BCUT2D eigenvalue weighted by Gasteiger charge is 2.40. The molecule has 0 aliphatic heterocycles. The van der Waals surface area contributed by atoms with E-state index in [-0.39, 0.29) is 26.1 Å². The summed E-state index contributed by atoms with van der Waals surface area (Å²) >= 11 is 0. The number of carboxylic acid groups (broad SMARTS) is 2. The molecule has 0 saturated heterocycles. The fourth-order valence-corrected chi connectivity index (χ4v) is 2.14. The quantitative estimate of drug-likeness (QED) is 0.379. The van der Waals surface area contributed by atoms with E-state index in [4.69, 9.17) is 24.1 Å². The summed E-state index contributed by atoms with van der Waals surface area (Å²) in [6, 6.07) is 0. The second-order valence-corrected chi connectivity index (χ2v) is 5.27. The van der Waals surface area contributed by atoms with Gasteiger partial charge < -0.3 is 29.2 Å². The van der Waals surface area contributed by atoms with Crippen molar-refractivity contribution in [3.05, 3.63) is 0 Å². The zero-order chi connectivity index (χ0) is 18.3. The fourth-order valence-electron chi connectivity index (χ4n) is 2.14. The Kier molecular flexibility index (Phi) is 13.4. The van der Waals surface area contributed by atoms with E-state index >= 15 is 0 Å². The fraction of sp³-hybridized carbons (Fsp3) is 0.875. The molecule has 8 heteroatoms. The van der Waals surface area contributed by atoms with Gasteiger partial charge in [-0.15, -0.1) is 0 Å². The summed E-state index contributed by atoms with van der Waals surface area (Å²) in [4.78, 5) is 22.7. The predicted octanol–water partition coefficient (Wildman–Crippen LogP) is 1.42. The van der Waals surface area contributed by atoms with Crippen LogP contribution in [0.3, 0.4) is 0 Å². The lowest BCUT2D eigenvalue weighted by Crippen LogP contribution is -2.36. The number of carbonyl (C=O) groups is 2. The van der Waals surface area contributed by atoms with Crippen LogP contribution in [-0.2, 0) is 28.5 Å². The van der Waals surface area contributed by atoms with E-state index in [1.165, 1.54) is 0 Å². The predicted molar refractivity (Wildman–Crippen MR) is 86.2 cm³/mol. The minimum absolute atomic E-state index is 0.107. The van der Waals surface area contributed by atoms with Crippen LogP contribution in [-0.4, -0.2) is 75.0 Å². The largest absolute Gasteiger partial charge is 0.481 e. The average molecular weight is 350 g/mol. The van der Waals surface area contributed by atoms with Gasteiger partial charge in [0.1, 0.15) is 0 Å². The van der Waals surface area contributed by atoms with Gasteiger partial charge in [-0.05, 0) is 26.7 Å². The molecule has 8 nitrogen and oxygen atoms in total. The van der Waals surface area contributed by atoms with E-state index in [0.717, 1.165) is 0 Å². The molecule has 0 spiro atoms. The van der Waals surface area contributed by atoms with Gasteiger partial charge in [-0.25, -0.2) is 0 Å². The van der Waals surface area contributed by atoms with Gasteiger partial charge in [0.05, 0.1) is 38.3 Å². The van der Waals surface area contributed by atoms with E-state index in [9.17, 15) is 14.7 Å². The maximum atomic E-state index is 11.7. The Morgan fingerprint density at radius 1 is 0.750 bits per heavy atom. The first-order valence-corrected chi connectivity index (χ1v) is 8.24. The summed E-state index contributed by atoms with van der Waals surface area (Å²) in [5.41, 5.74) is -1.40. The third-order valence-corrected chi connectivity index (χ3v) is 3.55. The molecule has 0 amide bonds. The molecule has 0 aromatic heterocycles. The smallest absolute Gasteiger partial charge is 0.310 e. The van der Waals surface area contributed by atoms with Gasteiger partial charge in [0.25, 0.3) is 0 Å².